The Hall–Kier alpha value is -3.54. The first-order valence-corrected chi connectivity index (χ1v) is 12.8. The molecule has 3 aromatic carbocycles. The van der Waals surface area contributed by atoms with E-state index < -0.39 is 5.92 Å². The van der Waals surface area contributed by atoms with Crippen LogP contribution in [0.15, 0.2) is 83.6 Å². The first-order chi connectivity index (χ1) is 17.8. The second-order valence-electron chi connectivity index (χ2n) is 9.15. The molecule has 0 amide bonds. The number of hydrogen-bond donors (Lipinski definition) is 2. The van der Waals surface area contributed by atoms with E-state index in [1.54, 1.807) is 48.4 Å². The van der Waals surface area contributed by atoms with Gasteiger partial charge in [-0.25, -0.2) is 0 Å². The molecule has 2 aliphatic rings. The highest BCUT2D eigenvalue weighted by Gasteiger charge is 2.44. The number of methoxy groups -OCH3 is 1. The van der Waals surface area contributed by atoms with Crippen LogP contribution in [0.4, 0.5) is 5.69 Å². The number of aliphatic hydroxyl groups excluding tert-OH is 1. The molecule has 7 heteroatoms. The predicted octanol–water partition coefficient (Wildman–Crippen LogP) is 7.87. The van der Waals surface area contributed by atoms with Crippen molar-refractivity contribution in [2.24, 2.45) is 0 Å². The molecule has 5 nitrogen and oxygen atoms in total. The second-order valence-corrected chi connectivity index (χ2v) is 9.96. The third kappa shape index (κ3) is 4.32. The lowest BCUT2D eigenvalue weighted by atomic mass is 9.73. The molecule has 1 aliphatic heterocycles. The van der Waals surface area contributed by atoms with E-state index in [2.05, 4.69) is 0 Å². The molecule has 5 rings (SSSR count). The summed E-state index contributed by atoms with van der Waals surface area (Å²) < 4.78 is 5.28. The first kappa shape index (κ1) is 25.1. The number of aliphatic hydroxyl groups is 1. The van der Waals surface area contributed by atoms with E-state index in [0.717, 1.165) is 11.3 Å². The number of ketones is 1. The van der Waals surface area contributed by atoms with Gasteiger partial charge in [0.15, 0.2) is 5.78 Å². The fourth-order valence-corrected chi connectivity index (χ4v) is 5.64. The maximum Gasteiger partial charge on any atom is 0.161 e. The summed E-state index contributed by atoms with van der Waals surface area (Å²) >= 11 is 13.2. The van der Waals surface area contributed by atoms with Crippen LogP contribution in [-0.4, -0.2) is 23.8 Å². The molecule has 37 heavy (non-hydrogen) atoms. The van der Waals surface area contributed by atoms with E-state index in [0.29, 0.717) is 63.0 Å². The molecule has 0 saturated carbocycles. The molecule has 2 N–H and O–H groups in total. The third-order valence-electron chi connectivity index (χ3n) is 7.07. The van der Waals surface area contributed by atoms with Crippen molar-refractivity contribution >= 4 is 46.3 Å². The maximum absolute atomic E-state index is 13.6. The quantitative estimate of drug-likeness (QED) is 0.335. The molecule has 0 radical (unpaired) electrons. The third-order valence-corrected chi connectivity index (χ3v) is 7.82. The lowest BCUT2D eigenvalue weighted by molar-refractivity contribution is -0.116. The van der Waals surface area contributed by atoms with Gasteiger partial charge in [-0.2, -0.15) is 0 Å². The lowest BCUT2D eigenvalue weighted by Crippen LogP contribution is -2.42. The zero-order chi connectivity index (χ0) is 26.3. The van der Waals surface area contributed by atoms with Crippen LogP contribution in [0.1, 0.15) is 41.9 Å². The fourth-order valence-electron chi connectivity index (χ4n) is 5.22. The number of anilines is 1. The van der Waals surface area contributed by atoms with Gasteiger partial charge in [-0.05, 0) is 73.4 Å². The summed E-state index contributed by atoms with van der Waals surface area (Å²) in [7, 11) is 1.57. The highest BCUT2D eigenvalue weighted by atomic mass is 35.5. The number of carbonyl (C=O) groups excluding carboxylic acids is 1. The Labute approximate surface area is 226 Å². The van der Waals surface area contributed by atoms with E-state index in [-0.39, 0.29) is 17.4 Å². The second kappa shape index (κ2) is 10.1. The molecule has 0 spiro atoms. The van der Waals surface area contributed by atoms with Crippen LogP contribution in [-0.2, 0) is 4.79 Å². The number of benzene rings is 3. The average Bonchev–Trinajstić information content (AvgIpc) is 2.90. The topological polar surface area (TPSA) is 73.6 Å². The first-order valence-electron chi connectivity index (χ1n) is 12.1. The number of rotatable bonds is 4. The van der Waals surface area contributed by atoms with Gasteiger partial charge in [0.05, 0.1) is 12.8 Å². The van der Waals surface area contributed by atoms with Crippen molar-refractivity contribution in [1.29, 1.82) is 5.41 Å². The number of amidine groups is 1. The molecular weight excluding hydrogens is 507 g/mol. The summed E-state index contributed by atoms with van der Waals surface area (Å²) in [5, 5.41) is 22.2. The number of Topliss-reactive ketones (excluding diaryl/α,β-unsaturated/α-hetero) is 1. The molecule has 0 bridgehead atoms. The van der Waals surface area contributed by atoms with Crippen LogP contribution in [0.2, 0.25) is 10.0 Å². The van der Waals surface area contributed by atoms with Gasteiger partial charge in [-0.3, -0.25) is 15.1 Å². The van der Waals surface area contributed by atoms with Gasteiger partial charge in [-0.15, -0.1) is 0 Å². The average molecular weight is 533 g/mol. The van der Waals surface area contributed by atoms with Crippen LogP contribution < -0.4 is 9.64 Å². The van der Waals surface area contributed by atoms with E-state index in [4.69, 9.17) is 27.9 Å². The van der Waals surface area contributed by atoms with Crippen LogP contribution in [0.25, 0.3) is 5.76 Å². The summed E-state index contributed by atoms with van der Waals surface area (Å²) in [6.07, 6.45) is 1.69. The standard InChI is InChI=1S/C30H26Cl2N2O3/c1-17-21(31)9-5-10-23(17)34-24-11-6-12-25(35)27(24)26(20-7-3-4-8-22(20)32)28(30(34)33)29(36)18-13-15-19(37-2)16-14-18/h3-5,7-10,13-16,26,33,36H,6,11-12H2,1-2H3/b29-28+,33-30?. The minimum atomic E-state index is -0.693. The molecule has 0 aromatic heterocycles. The SMILES string of the molecule is COc1ccc(/C(O)=C2\C(=N)N(c3cccc(Cl)c3C)C3=C(C(=O)CCC3)C2c2ccccc2Cl)cc1. The molecule has 188 valence electrons. The summed E-state index contributed by atoms with van der Waals surface area (Å²) in [6, 6.07) is 19.8. The number of nitrogens with zero attached hydrogens (tertiary/aromatic N) is 1. The Morgan fingerprint density at radius 3 is 2.41 bits per heavy atom. The summed E-state index contributed by atoms with van der Waals surface area (Å²) in [4.78, 5) is 15.4. The molecule has 1 atom stereocenters. The number of carbonyl (C=O) groups is 1. The summed E-state index contributed by atoms with van der Waals surface area (Å²) in [5.41, 5.74) is 4.30. The number of nitrogens with one attached hydrogen (secondary N) is 1. The Morgan fingerprint density at radius 2 is 1.70 bits per heavy atom. The lowest BCUT2D eigenvalue weighted by Gasteiger charge is -2.42. The van der Waals surface area contributed by atoms with Gasteiger partial charge >= 0.3 is 0 Å². The highest BCUT2D eigenvalue weighted by Crippen LogP contribution is 2.49. The van der Waals surface area contributed by atoms with E-state index in [9.17, 15) is 15.3 Å². The Balaban J connectivity index is 1.85. The van der Waals surface area contributed by atoms with Crippen molar-refractivity contribution in [2.75, 3.05) is 12.0 Å². The van der Waals surface area contributed by atoms with Crippen LogP contribution in [0.5, 0.6) is 5.75 Å². The largest absolute Gasteiger partial charge is 0.507 e. The van der Waals surface area contributed by atoms with Gasteiger partial charge in [0.2, 0.25) is 0 Å². The Bertz CT molecular complexity index is 1470. The summed E-state index contributed by atoms with van der Waals surface area (Å²) in [6.45, 7) is 1.89. The van der Waals surface area contributed by atoms with E-state index >= 15 is 0 Å². The molecule has 1 heterocycles. The van der Waals surface area contributed by atoms with E-state index in [1.807, 2.05) is 37.3 Å². The monoisotopic (exact) mass is 532 g/mol. The molecule has 0 fully saturated rings. The molecule has 3 aromatic rings. The fraction of sp³-hybridized carbons (Fsp3) is 0.200. The van der Waals surface area contributed by atoms with Crippen LogP contribution in [0.3, 0.4) is 0 Å². The van der Waals surface area contributed by atoms with Crippen molar-refractivity contribution in [3.63, 3.8) is 0 Å². The van der Waals surface area contributed by atoms with Crippen molar-refractivity contribution in [1.82, 2.24) is 0 Å². The van der Waals surface area contributed by atoms with Gasteiger partial charge in [0.1, 0.15) is 17.3 Å². The van der Waals surface area contributed by atoms with E-state index in [1.165, 1.54) is 0 Å². The minimum absolute atomic E-state index is 0.0108. The van der Waals surface area contributed by atoms with Crippen LogP contribution in [0, 0.1) is 12.3 Å². The zero-order valence-corrected chi connectivity index (χ0v) is 22.0. The van der Waals surface area contributed by atoms with Gasteiger partial charge in [0, 0.05) is 44.8 Å². The number of ether oxygens (including phenoxy) is 1. The van der Waals surface area contributed by atoms with Crippen LogP contribution >= 0.6 is 23.2 Å². The predicted molar refractivity (Wildman–Crippen MR) is 149 cm³/mol. The zero-order valence-electron chi connectivity index (χ0n) is 20.5. The molecular formula is C30H26Cl2N2O3. The van der Waals surface area contributed by atoms with Crippen molar-refractivity contribution in [2.45, 2.75) is 32.1 Å². The van der Waals surface area contributed by atoms with Gasteiger partial charge in [-0.1, -0.05) is 47.5 Å². The number of hydrogen-bond acceptors (Lipinski definition) is 4. The minimum Gasteiger partial charge on any atom is -0.507 e. The molecule has 1 aliphatic carbocycles. The van der Waals surface area contributed by atoms with Crippen molar-refractivity contribution in [3.8, 4) is 5.75 Å². The van der Waals surface area contributed by atoms with Gasteiger partial charge in [0.25, 0.3) is 0 Å². The highest BCUT2D eigenvalue weighted by molar-refractivity contribution is 6.32. The normalized spacial score (nSPS) is 19.1. The van der Waals surface area contributed by atoms with Crippen molar-refractivity contribution in [3.05, 3.63) is 110 Å². The Morgan fingerprint density at radius 1 is 1.00 bits per heavy atom. The van der Waals surface area contributed by atoms with Crippen molar-refractivity contribution < 1.29 is 14.6 Å². The molecule has 0 saturated heterocycles. The smallest absolute Gasteiger partial charge is 0.161 e. The van der Waals surface area contributed by atoms with Gasteiger partial charge < -0.3 is 9.84 Å². The maximum atomic E-state index is 13.6. The summed E-state index contributed by atoms with van der Waals surface area (Å²) in [5.74, 6) is -0.0685. The number of allylic oxidation sites excluding steroid dienone is 2. The number of halogens is 2. The Kier molecular flexibility index (Phi) is 6.84. The molecule has 1 unspecified atom stereocenters.